The van der Waals surface area contributed by atoms with E-state index in [0.29, 0.717) is 0 Å². The molecule has 1 rings (SSSR count). The van der Waals surface area contributed by atoms with Gasteiger partial charge >= 0.3 is 0 Å². The predicted octanol–water partition coefficient (Wildman–Crippen LogP) is 2.65. The molecule has 0 spiro atoms. The van der Waals surface area contributed by atoms with Crippen LogP contribution in [-0.4, -0.2) is 6.61 Å². The van der Waals surface area contributed by atoms with Crippen LogP contribution < -0.4 is 0 Å². The Morgan fingerprint density at radius 3 is 2.60 bits per heavy atom. The molecule has 0 aromatic heterocycles. The Labute approximate surface area is 62.4 Å². The molecule has 0 radical (unpaired) electrons. The maximum Gasteiger partial charge on any atom is 0.0992 e. The van der Waals surface area contributed by atoms with Gasteiger partial charge < -0.3 is 4.74 Å². The van der Waals surface area contributed by atoms with Crippen molar-refractivity contribution in [3.63, 3.8) is 0 Å². The molecule has 0 N–H and O–H groups in total. The molecule has 1 fully saturated rings. The molecule has 1 heteroatoms. The molecule has 1 saturated heterocycles. The summed E-state index contributed by atoms with van der Waals surface area (Å²) in [6, 6.07) is 0. The Morgan fingerprint density at radius 2 is 2.20 bits per heavy atom. The lowest BCUT2D eigenvalue weighted by atomic mass is 10.1. The lowest BCUT2D eigenvalue weighted by molar-refractivity contribution is 0.260. The lowest BCUT2D eigenvalue weighted by Crippen LogP contribution is -1.86. The third kappa shape index (κ3) is 1.41. The predicted molar refractivity (Wildman–Crippen MR) is 42.7 cm³/mol. The largest absolute Gasteiger partial charge is 0.498 e. The first-order valence-electron chi connectivity index (χ1n) is 3.70. The molecule has 1 aliphatic rings. The van der Waals surface area contributed by atoms with Gasteiger partial charge in [0.2, 0.25) is 0 Å². The van der Waals surface area contributed by atoms with E-state index in [4.69, 9.17) is 4.74 Å². The third-order valence-electron chi connectivity index (χ3n) is 1.88. The van der Waals surface area contributed by atoms with Gasteiger partial charge in [-0.3, -0.25) is 0 Å². The zero-order valence-corrected chi connectivity index (χ0v) is 6.74. The van der Waals surface area contributed by atoms with Crippen molar-refractivity contribution >= 4 is 0 Å². The van der Waals surface area contributed by atoms with Crippen molar-refractivity contribution in [2.24, 2.45) is 0 Å². The molecule has 56 valence electrons. The number of hydrogen-bond donors (Lipinski definition) is 0. The van der Waals surface area contributed by atoms with E-state index in [9.17, 15) is 0 Å². The zero-order chi connectivity index (χ0) is 7.56. The number of ether oxygens (including phenoxy) is 1. The molecule has 10 heavy (non-hydrogen) atoms. The van der Waals surface area contributed by atoms with Gasteiger partial charge in [-0.25, -0.2) is 0 Å². The summed E-state index contributed by atoms with van der Waals surface area (Å²) in [5, 5.41) is 0. The summed E-state index contributed by atoms with van der Waals surface area (Å²) in [4.78, 5) is 0. The molecule has 1 aliphatic heterocycles. The summed E-state index contributed by atoms with van der Waals surface area (Å²) in [5.41, 5.74) is 2.36. The Balaban J connectivity index is 2.73. The minimum atomic E-state index is 0.889. The van der Waals surface area contributed by atoms with Crippen LogP contribution in [0.15, 0.2) is 23.5 Å². The summed E-state index contributed by atoms with van der Waals surface area (Å²) in [6.45, 7) is 8.84. The van der Waals surface area contributed by atoms with Gasteiger partial charge in [0.05, 0.1) is 12.4 Å². The molecule has 0 atom stereocenters. The van der Waals surface area contributed by atoms with Gasteiger partial charge in [-0.1, -0.05) is 12.2 Å². The van der Waals surface area contributed by atoms with Crippen LogP contribution in [0.1, 0.15) is 26.7 Å². The van der Waals surface area contributed by atoms with E-state index < -0.39 is 0 Å². The Morgan fingerprint density at radius 1 is 1.50 bits per heavy atom. The second-order valence-corrected chi connectivity index (χ2v) is 2.78. The second-order valence-electron chi connectivity index (χ2n) is 2.78. The monoisotopic (exact) mass is 138 g/mol. The van der Waals surface area contributed by atoms with Crippen molar-refractivity contribution in [3.8, 4) is 0 Å². The molecule has 0 amide bonds. The van der Waals surface area contributed by atoms with Crippen molar-refractivity contribution < 1.29 is 4.74 Å². The van der Waals surface area contributed by atoms with E-state index in [-0.39, 0.29) is 0 Å². The van der Waals surface area contributed by atoms with Crippen LogP contribution in [-0.2, 0) is 4.74 Å². The number of rotatable bonds is 1. The minimum absolute atomic E-state index is 0.889. The van der Waals surface area contributed by atoms with E-state index >= 15 is 0 Å². The molecular weight excluding hydrogens is 124 g/mol. The van der Waals surface area contributed by atoms with Crippen molar-refractivity contribution in [2.75, 3.05) is 6.61 Å². The molecule has 1 heterocycles. The topological polar surface area (TPSA) is 9.23 Å². The Hall–Kier alpha value is -0.720. The van der Waals surface area contributed by atoms with E-state index in [1.165, 1.54) is 12.0 Å². The highest BCUT2D eigenvalue weighted by Crippen LogP contribution is 2.23. The van der Waals surface area contributed by atoms with E-state index in [1.807, 2.05) is 6.92 Å². The highest BCUT2D eigenvalue weighted by atomic mass is 16.5. The summed E-state index contributed by atoms with van der Waals surface area (Å²) >= 11 is 0. The zero-order valence-electron chi connectivity index (χ0n) is 6.74. The smallest absolute Gasteiger partial charge is 0.0992 e. The van der Waals surface area contributed by atoms with Crippen LogP contribution in [0.5, 0.6) is 0 Å². The van der Waals surface area contributed by atoms with Crippen LogP contribution >= 0.6 is 0 Å². The van der Waals surface area contributed by atoms with Gasteiger partial charge in [-0.05, 0) is 25.8 Å². The fourth-order valence-corrected chi connectivity index (χ4v) is 1.03. The molecule has 0 aromatic rings. The van der Waals surface area contributed by atoms with E-state index in [1.54, 1.807) is 0 Å². The van der Waals surface area contributed by atoms with Gasteiger partial charge in [0.25, 0.3) is 0 Å². The minimum Gasteiger partial charge on any atom is -0.498 e. The van der Waals surface area contributed by atoms with Crippen molar-refractivity contribution in [1.82, 2.24) is 0 Å². The first-order valence-corrected chi connectivity index (χ1v) is 3.70. The summed E-state index contributed by atoms with van der Waals surface area (Å²) in [7, 11) is 0. The Kier molecular flexibility index (Phi) is 2.15. The van der Waals surface area contributed by atoms with Gasteiger partial charge in [-0.2, -0.15) is 0 Å². The number of hydrogen-bond acceptors (Lipinski definition) is 1. The SMILES string of the molecule is C=C(C)/C(C)=C1\CCCO1. The van der Waals surface area contributed by atoms with Crippen molar-refractivity contribution in [3.05, 3.63) is 23.5 Å². The maximum absolute atomic E-state index is 5.39. The average molecular weight is 138 g/mol. The fraction of sp³-hybridized carbons (Fsp3) is 0.556. The highest BCUT2D eigenvalue weighted by Gasteiger charge is 2.10. The average Bonchev–Trinajstić information content (AvgIpc) is 2.36. The molecule has 0 saturated carbocycles. The van der Waals surface area contributed by atoms with Crippen LogP contribution in [0.3, 0.4) is 0 Å². The van der Waals surface area contributed by atoms with E-state index in [0.717, 1.165) is 24.4 Å². The van der Waals surface area contributed by atoms with Crippen molar-refractivity contribution in [1.29, 1.82) is 0 Å². The summed E-state index contributed by atoms with van der Waals surface area (Å²) in [6.07, 6.45) is 2.26. The Bertz CT molecular complexity index is 169. The van der Waals surface area contributed by atoms with Gasteiger partial charge in [0, 0.05) is 6.42 Å². The van der Waals surface area contributed by atoms with Crippen LogP contribution in [0.2, 0.25) is 0 Å². The molecule has 0 bridgehead atoms. The fourth-order valence-electron chi connectivity index (χ4n) is 1.03. The number of allylic oxidation sites excluding steroid dienone is 3. The maximum atomic E-state index is 5.39. The first-order chi connectivity index (χ1) is 4.72. The van der Waals surface area contributed by atoms with E-state index in [2.05, 4.69) is 13.5 Å². The molecule has 0 aromatic carbocycles. The summed E-state index contributed by atoms with van der Waals surface area (Å²) in [5.74, 6) is 1.15. The van der Waals surface area contributed by atoms with Crippen LogP contribution in [0.25, 0.3) is 0 Å². The summed E-state index contributed by atoms with van der Waals surface area (Å²) < 4.78 is 5.39. The van der Waals surface area contributed by atoms with Crippen LogP contribution in [0.4, 0.5) is 0 Å². The molecule has 0 unspecified atom stereocenters. The van der Waals surface area contributed by atoms with Gasteiger partial charge in [-0.15, -0.1) is 0 Å². The van der Waals surface area contributed by atoms with Crippen LogP contribution in [0, 0.1) is 0 Å². The van der Waals surface area contributed by atoms with Crippen molar-refractivity contribution in [2.45, 2.75) is 26.7 Å². The highest BCUT2D eigenvalue weighted by molar-refractivity contribution is 5.27. The standard InChI is InChI=1S/C9H14O/c1-7(2)8(3)9-5-4-6-10-9/h1,4-6H2,2-3H3/b9-8+. The first kappa shape index (κ1) is 7.39. The third-order valence-corrected chi connectivity index (χ3v) is 1.88. The quantitative estimate of drug-likeness (QED) is 0.541. The second kappa shape index (κ2) is 2.91. The van der Waals surface area contributed by atoms with Gasteiger partial charge in [0.15, 0.2) is 0 Å². The van der Waals surface area contributed by atoms with Gasteiger partial charge in [0.1, 0.15) is 0 Å². The lowest BCUT2D eigenvalue weighted by Gasteiger charge is -2.03. The molecular formula is C9H14O. The normalized spacial score (nSPS) is 22.2. The molecule has 1 nitrogen and oxygen atoms in total. The molecule has 0 aliphatic carbocycles.